The van der Waals surface area contributed by atoms with E-state index in [1.807, 2.05) is 7.05 Å². The molecule has 208 valence electrons. The Bertz CT molecular complexity index is 1540. The minimum atomic E-state index is -3.92. The number of amides is 1. The molecule has 3 aromatic carbocycles. The van der Waals surface area contributed by atoms with Crippen LogP contribution < -0.4 is 14.8 Å². The predicted molar refractivity (Wildman–Crippen MR) is 151 cm³/mol. The van der Waals surface area contributed by atoms with Gasteiger partial charge in [0.25, 0.3) is 15.9 Å². The zero-order chi connectivity index (χ0) is 28.2. The monoisotopic (exact) mass is 612 g/mol. The molecule has 1 fully saturated rings. The number of likely N-dealkylation sites (N-methyl/N-ethyl adjacent to an activating group) is 1. The zero-order valence-corrected chi connectivity index (χ0v) is 23.9. The van der Waals surface area contributed by atoms with Crippen molar-refractivity contribution in [3.05, 3.63) is 76.8 Å². The topological polar surface area (TPSA) is 125 Å². The molecule has 2 N–H and O–H groups in total. The number of anilines is 2. The molecule has 0 aromatic heterocycles. The molecule has 1 saturated heterocycles. The summed E-state index contributed by atoms with van der Waals surface area (Å²) in [6, 6.07) is 15.9. The van der Waals surface area contributed by atoms with Gasteiger partial charge in [-0.15, -0.1) is 0 Å². The first-order chi connectivity index (χ1) is 18.4. The van der Waals surface area contributed by atoms with Crippen LogP contribution in [0.25, 0.3) is 0 Å². The number of piperazine rings is 1. The smallest absolute Gasteiger partial charge is 0.262 e. The van der Waals surface area contributed by atoms with Crippen LogP contribution in [-0.4, -0.2) is 71.8 Å². The highest BCUT2D eigenvalue weighted by molar-refractivity contribution is 7.92. The molecule has 1 heterocycles. The van der Waals surface area contributed by atoms with Crippen LogP contribution >= 0.6 is 23.2 Å². The molecule has 0 aliphatic carbocycles. The lowest BCUT2D eigenvalue weighted by Crippen LogP contribution is -2.46. The lowest BCUT2D eigenvalue weighted by molar-refractivity contribution is -0.118. The van der Waals surface area contributed by atoms with Gasteiger partial charge in [0.2, 0.25) is 10.0 Å². The maximum Gasteiger partial charge on any atom is 0.262 e. The molecule has 1 aliphatic rings. The molecule has 0 saturated carbocycles. The Morgan fingerprint density at radius 3 is 2.05 bits per heavy atom. The van der Waals surface area contributed by atoms with Crippen molar-refractivity contribution >= 4 is 60.5 Å². The van der Waals surface area contributed by atoms with Crippen LogP contribution in [0.15, 0.2) is 76.5 Å². The maximum absolute atomic E-state index is 12.8. The Kier molecular flexibility index (Phi) is 9.04. The first-order valence-corrected chi connectivity index (χ1v) is 15.4. The largest absolute Gasteiger partial charge is 0.482 e. The summed E-state index contributed by atoms with van der Waals surface area (Å²) in [6.45, 7) is 1.76. The van der Waals surface area contributed by atoms with Crippen LogP contribution in [0.5, 0.6) is 5.75 Å². The summed E-state index contributed by atoms with van der Waals surface area (Å²) in [5, 5.41) is 3.10. The Morgan fingerprint density at radius 2 is 1.44 bits per heavy atom. The van der Waals surface area contributed by atoms with Gasteiger partial charge in [-0.05, 0) is 73.8 Å². The molecule has 3 aromatic rings. The van der Waals surface area contributed by atoms with Crippen molar-refractivity contribution in [1.29, 1.82) is 0 Å². The second-order valence-electron chi connectivity index (χ2n) is 8.77. The van der Waals surface area contributed by atoms with Crippen molar-refractivity contribution < 1.29 is 26.4 Å². The Balaban J connectivity index is 1.33. The molecular weight excluding hydrogens is 587 g/mol. The van der Waals surface area contributed by atoms with Gasteiger partial charge in [-0.1, -0.05) is 23.2 Å². The van der Waals surface area contributed by atoms with Crippen molar-refractivity contribution in [3.8, 4) is 5.75 Å². The molecule has 0 unspecified atom stereocenters. The number of sulfonamides is 2. The SMILES string of the molecule is CN1CCN(S(=O)(=O)c2ccc(NC(=O)COc3ccc(S(=O)(=O)Nc4ccc(Cl)cc4)cc3Cl)cc2)CC1. The van der Waals surface area contributed by atoms with E-state index < -0.39 is 32.6 Å². The molecule has 0 spiro atoms. The van der Waals surface area contributed by atoms with Gasteiger partial charge in [0.1, 0.15) is 5.75 Å². The van der Waals surface area contributed by atoms with E-state index in [2.05, 4.69) is 14.9 Å². The second-order valence-corrected chi connectivity index (χ2v) is 13.2. The maximum atomic E-state index is 12.8. The third-order valence-corrected chi connectivity index (χ3v) is 9.75. The van der Waals surface area contributed by atoms with Gasteiger partial charge < -0.3 is 15.0 Å². The van der Waals surface area contributed by atoms with Gasteiger partial charge in [0, 0.05) is 42.6 Å². The molecule has 0 radical (unpaired) electrons. The third kappa shape index (κ3) is 7.41. The summed E-state index contributed by atoms with van der Waals surface area (Å²) >= 11 is 12.0. The van der Waals surface area contributed by atoms with Crippen LogP contribution in [0.4, 0.5) is 11.4 Å². The lowest BCUT2D eigenvalue weighted by atomic mass is 10.3. The predicted octanol–water partition coefficient (Wildman–Crippen LogP) is 3.75. The first-order valence-electron chi connectivity index (χ1n) is 11.7. The third-order valence-electron chi connectivity index (χ3n) is 5.91. The fourth-order valence-electron chi connectivity index (χ4n) is 3.73. The van der Waals surface area contributed by atoms with E-state index in [4.69, 9.17) is 27.9 Å². The number of halogens is 2. The van der Waals surface area contributed by atoms with E-state index in [-0.39, 0.29) is 20.6 Å². The molecule has 14 heteroatoms. The van der Waals surface area contributed by atoms with E-state index in [9.17, 15) is 21.6 Å². The van der Waals surface area contributed by atoms with Crippen LogP contribution in [0, 0.1) is 0 Å². The number of hydrogen-bond donors (Lipinski definition) is 2. The summed E-state index contributed by atoms with van der Waals surface area (Å²) < 4.78 is 60.3. The van der Waals surface area contributed by atoms with Gasteiger partial charge >= 0.3 is 0 Å². The Hall–Kier alpha value is -2.87. The molecule has 39 heavy (non-hydrogen) atoms. The average molecular weight is 614 g/mol. The highest BCUT2D eigenvalue weighted by Crippen LogP contribution is 2.29. The van der Waals surface area contributed by atoms with Gasteiger partial charge in [-0.3, -0.25) is 9.52 Å². The summed E-state index contributed by atoms with van der Waals surface area (Å²) in [7, 11) is -5.59. The van der Waals surface area contributed by atoms with Gasteiger partial charge in [0.05, 0.1) is 14.8 Å². The molecule has 0 atom stereocenters. The zero-order valence-electron chi connectivity index (χ0n) is 20.8. The number of benzene rings is 3. The van der Waals surface area contributed by atoms with Crippen LogP contribution in [0.1, 0.15) is 0 Å². The number of ether oxygens (including phenoxy) is 1. The fraction of sp³-hybridized carbons (Fsp3) is 0.240. The summed E-state index contributed by atoms with van der Waals surface area (Å²) in [5.74, 6) is -0.396. The number of nitrogens with one attached hydrogen (secondary N) is 2. The Morgan fingerprint density at radius 1 is 0.846 bits per heavy atom. The lowest BCUT2D eigenvalue weighted by Gasteiger charge is -2.31. The summed E-state index contributed by atoms with van der Waals surface area (Å²) in [6.07, 6.45) is 0. The van der Waals surface area contributed by atoms with Gasteiger partial charge in [-0.2, -0.15) is 4.31 Å². The molecule has 1 amide bonds. The number of carbonyl (C=O) groups excluding carboxylic acids is 1. The van der Waals surface area contributed by atoms with E-state index in [1.54, 1.807) is 12.1 Å². The molecular formula is C25H26Cl2N4O6S2. The van der Waals surface area contributed by atoms with Crippen molar-refractivity contribution in [3.63, 3.8) is 0 Å². The van der Waals surface area contributed by atoms with Crippen LogP contribution in [0.2, 0.25) is 10.0 Å². The van der Waals surface area contributed by atoms with Crippen molar-refractivity contribution in [1.82, 2.24) is 9.21 Å². The van der Waals surface area contributed by atoms with Gasteiger partial charge in [-0.25, -0.2) is 16.8 Å². The van der Waals surface area contributed by atoms with E-state index in [0.717, 1.165) is 0 Å². The number of rotatable bonds is 9. The van der Waals surface area contributed by atoms with E-state index >= 15 is 0 Å². The fourth-order valence-corrected chi connectivity index (χ4v) is 6.66. The quantitative estimate of drug-likeness (QED) is 0.377. The molecule has 0 bridgehead atoms. The number of carbonyl (C=O) groups is 1. The van der Waals surface area contributed by atoms with Crippen molar-refractivity contribution in [2.45, 2.75) is 9.79 Å². The summed E-state index contributed by atoms with van der Waals surface area (Å²) in [4.78, 5) is 14.5. The minimum Gasteiger partial charge on any atom is -0.482 e. The standard InChI is InChI=1S/C25H26Cl2N4O6S2/c1-30-12-14-31(15-13-30)39(35,36)21-8-6-19(7-9-21)28-25(32)17-37-24-11-10-22(16-23(24)27)38(33,34)29-20-4-2-18(26)3-5-20/h2-11,16,29H,12-15,17H2,1H3,(H,28,32). The molecule has 1 aliphatic heterocycles. The van der Waals surface area contributed by atoms with Crippen LogP contribution in [0.3, 0.4) is 0 Å². The number of nitrogens with zero attached hydrogens (tertiary/aromatic N) is 2. The van der Waals surface area contributed by atoms with Gasteiger partial charge in [0.15, 0.2) is 6.61 Å². The Labute approximate surface area is 237 Å². The average Bonchev–Trinajstić information content (AvgIpc) is 2.90. The molecule has 10 nitrogen and oxygen atoms in total. The highest BCUT2D eigenvalue weighted by atomic mass is 35.5. The van der Waals surface area contributed by atoms with Crippen molar-refractivity contribution in [2.24, 2.45) is 0 Å². The normalized spacial score (nSPS) is 15.1. The summed E-state index contributed by atoms with van der Waals surface area (Å²) in [5.41, 5.74) is 0.722. The van der Waals surface area contributed by atoms with Crippen molar-refractivity contribution in [2.75, 3.05) is 49.9 Å². The van der Waals surface area contributed by atoms with E-state index in [0.29, 0.717) is 42.6 Å². The highest BCUT2D eigenvalue weighted by Gasteiger charge is 2.27. The minimum absolute atomic E-state index is 0.000229. The molecule has 4 rings (SSSR count). The van der Waals surface area contributed by atoms with E-state index in [1.165, 1.54) is 58.9 Å². The van der Waals surface area contributed by atoms with Crippen LogP contribution in [-0.2, 0) is 24.8 Å². The number of hydrogen-bond acceptors (Lipinski definition) is 7. The first kappa shape index (κ1) is 29.1. The second kappa shape index (κ2) is 12.1.